The summed E-state index contributed by atoms with van der Waals surface area (Å²) in [5.74, 6) is 0.628. The van der Waals surface area contributed by atoms with Crippen LogP contribution in [0.2, 0.25) is 0 Å². The van der Waals surface area contributed by atoms with Gasteiger partial charge in [-0.05, 0) is 13.0 Å². The van der Waals surface area contributed by atoms with Gasteiger partial charge < -0.3 is 5.73 Å². The number of hydrogen-bond donors (Lipinski definition) is 1. The summed E-state index contributed by atoms with van der Waals surface area (Å²) in [6, 6.07) is 16.1. The van der Waals surface area contributed by atoms with Crippen molar-refractivity contribution in [1.82, 2.24) is 15.0 Å². The molecule has 6 nitrogen and oxygen atoms in total. The van der Waals surface area contributed by atoms with Gasteiger partial charge in [-0.15, -0.1) is 11.3 Å². The predicted octanol–water partition coefficient (Wildman–Crippen LogP) is 5.19. The van der Waals surface area contributed by atoms with Crippen LogP contribution in [0, 0.1) is 29.6 Å². The summed E-state index contributed by atoms with van der Waals surface area (Å²) in [5, 5.41) is 22.9. The topological polar surface area (TPSA) is 112 Å². The number of benzene rings is 1. The second kappa shape index (κ2) is 8.97. The molecule has 0 aliphatic heterocycles. The van der Waals surface area contributed by atoms with E-state index < -0.39 is 0 Å². The van der Waals surface area contributed by atoms with Gasteiger partial charge in [-0.25, -0.2) is 9.97 Å². The molecule has 8 heteroatoms. The highest BCUT2D eigenvalue weighted by Gasteiger charge is 2.21. The van der Waals surface area contributed by atoms with Crippen molar-refractivity contribution < 1.29 is 0 Å². The third kappa shape index (κ3) is 4.26. The van der Waals surface area contributed by atoms with Crippen molar-refractivity contribution in [1.29, 1.82) is 10.5 Å². The maximum Gasteiger partial charge on any atom is 0.143 e. The number of aryl methyl sites for hydroxylation is 1. The van der Waals surface area contributed by atoms with Crippen molar-refractivity contribution in [2.24, 2.45) is 0 Å². The lowest BCUT2D eigenvalue weighted by Crippen LogP contribution is -2.03. The zero-order chi connectivity index (χ0) is 21.8. The maximum atomic E-state index is 9.86. The standard InChI is InChI=1S/C23H16N6S2/c1-14-4-6-15(7-5-14)22-28-17(12-30-22)13-31-23-19(10-25)20(16-3-2-8-27-11-16)18(9-24)21(26)29-23/h2-8,11-12H,13H2,1H3,(H2,26,29). The van der Waals surface area contributed by atoms with Crippen LogP contribution in [-0.4, -0.2) is 15.0 Å². The van der Waals surface area contributed by atoms with Gasteiger partial charge in [0.15, 0.2) is 0 Å². The number of pyridine rings is 2. The Labute approximate surface area is 188 Å². The van der Waals surface area contributed by atoms with Crippen molar-refractivity contribution in [3.05, 3.63) is 76.6 Å². The van der Waals surface area contributed by atoms with Crippen LogP contribution in [0.15, 0.2) is 59.2 Å². The van der Waals surface area contributed by atoms with Gasteiger partial charge >= 0.3 is 0 Å². The molecule has 4 rings (SSSR count). The first-order chi connectivity index (χ1) is 15.1. The number of rotatable bonds is 5. The van der Waals surface area contributed by atoms with Crippen molar-refractivity contribution >= 4 is 28.9 Å². The second-order valence-corrected chi connectivity index (χ2v) is 8.51. The molecule has 3 aromatic heterocycles. The molecule has 0 aliphatic carbocycles. The number of aromatic nitrogens is 3. The van der Waals surface area contributed by atoms with Crippen LogP contribution in [0.25, 0.3) is 21.7 Å². The normalized spacial score (nSPS) is 10.4. The zero-order valence-electron chi connectivity index (χ0n) is 16.5. The number of nitriles is 2. The molecule has 150 valence electrons. The van der Waals surface area contributed by atoms with Crippen LogP contribution in [0.3, 0.4) is 0 Å². The van der Waals surface area contributed by atoms with Crippen LogP contribution >= 0.6 is 23.1 Å². The summed E-state index contributed by atoms with van der Waals surface area (Å²) >= 11 is 2.96. The minimum absolute atomic E-state index is 0.0986. The van der Waals surface area contributed by atoms with E-state index in [1.807, 2.05) is 5.38 Å². The molecule has 0 bridgehead atoms. The highest BCUT2D eigenvalue weighted by molar-refractivity contribution is 7.98. The van der Waals surface area contributed by atoms with Gasteiger partial charge in [-0.2, -0.15) is 10.5 Å². The Balaban J connectivity index is 1.65. The highest BCUT2D eigenvalue weighted by atomic mass is 32.2. The first kappa shape index (κ1) is 20.5. The molecule has 0 saturated heterocycles. The van der Waals surface area contributed by atoms with E-state index >= 15 is 0 Å². The lowest BCUT2D eigenvalue weighted by molar-refractivity contribution is 1.11. The average molecular weight is 441 g/mol. The quantitative estimate of drug-likeness (QED) is 0.425. The fourth-order valence-electron chi connectivity index (χ4n) is 3.05. The lowest BCUT2D eigenvalue weighted by atomic mass is 9.98. The van der Waals surface area contributed by atoms with E-state index in [0.717, 1.165) is 16.3 Å². The van der Waals surface area contributed by atoms with Gasteiger partial charge in [0.25, 0.3) is 0 Å². The van der Waals surface area contributed by atoms with Gasteiger partial charge in [0, 0.05) is 40.2 Å². The Morgan fingerprint density at radius 1 is 1.03 bits per heavy atom. The monoisotopic (exact) mass is 440 g/mol. The summed E-state index contributed by atoms with van der Waals surface area (Å²) in [5.41, 5.74) is 10.9. The third-order valence-corrected chi connectivity index (χ3v) is 6.52. The molecule has 0 amide bonds. The van der Waals surface area contributed by atoms with E-state index in [9.17, 15) is 10.5 Å². The number of nitrogen functional groups attached to an aromatic ring is 1. The third-order valence-electron chi connectivity index (χ3n) is 4.57. The smallest absolute Gasteiger partial charge is 0.143 e. The summed E-state index contributed by atoms with van der Waals surface area (Å²) in [4.78, 5) is 13.2. The van der Waals surface area contributed by atoms with E-state index in [0.29, 0.717) is 27.5 Å². The fourth-order valence-corrected chi connectivity index (χ4v) is 4.86. The van der Waals surface area contributed by atoms with Crippen molar-refractivity contribution in [2.45, 2.75) is 17.7 Å². The van der Waals surface area contributed by atoms with E-state index in [4.69, 9.17) is 10.7 Å². The van der Waals surface area contributed by atoms with Crippen LogP contribution in [0.5, 0.6) is 0 Å². The van der Waals surface area contributed by atoms with Gasteiger partial charge in [0.2, 0.25) is 0 Å². The minimum Gasteiger partial charge on any atom is -0.383 e. The van der Waals surface area contributed by atoms with Crippen LogP contribution < -0.4 is 5.73 Å². The molecule has 0 saturated carbocycles. The second-order valence-electron chi connectivity index (χ2n) is 6.69. The average Bonchev–Trinajstić information content (AvgIpc) is 3.27. The van der Waals surface area contributed by atoms with Gasteiger partial charge in [-0.3, -0.25) is 4.98 Å². The summed E-state index contributed by atoms with van der Waals surface area (Å²) in [6.07, 6.45) is 3.24. The molecular formula is C23H16N6S2. The molecule has 0 atom stereocenters. The lowest BCUT2D eigenvalue weighted by Gasteiger charge is -2.12. The molecule has 31 heavy (non-hydrogen) atoms. The van der Waals surface area contributed by atoms with Crippen LogP contribution in [0.1, 0.15) is 22.4 Å². The van der Waals surface area contributed by atoms with E-state index in [-0.39, 0.29) is 11.4 Å². The number of nitrogens with two attached hydrogens (primary N) is 1. The SMILES string of the molecule is Cc1ccc(-c2nc(CSc3nc(N)c(C#N)c(-c4cccnc4)c3C#N)cs2)cc1. The first-order valence-electron chi connectivity index (χ1n) is 9.29. The molecule has 0 aliphatic rings. The number of nitrogens with zero attached hydrogens (tertiary/aromatic N) is 5. The van der Waals surface area contributed by atoms with E-state index in [1.165, 1.54) is 17.3 Å². The highest BCUT2D eigenvalue weighted by Crippen LogP contribution is 2.36. The predicted molar refractivity (Wildman–Crippen MR) is 123 cm³/mol. The Morgan fingerprint density at radius 2 is 1.81 bits per heavy atom. The van der Waals surface area contributed by atoms with Crippen molar-refractivity contribution in [2.75, 3.05) is 5.73 Å². The molecule has 0 spiro atoms. The zero-order valence-corrected chi connectivity index (χ0v) is 18.2. The molecule has 3 heterocycles. The maximum absolute atomic E-state index is 9.86. The summed E-state index contributed by atoms with van der Waals surface area (Å²) in [6.45, 7) is 2.05. The minimum atomic E-state index is 0.0986. The number of thioether (sulfide) groups is 1. The number of anilines is 1. The molecule has 2 N–H and O–H groups in total. The van der Waals surface area contributed by atoms with Crippen molar-refractivity contribution in [3.8, 4) is 33.8 Å². The molecule has 1 aromatic carbocycles. The molecule has 0 radical (unpaired) electrons. The summed E-state index contributed by atoms with van der Waals surface area (Å²) in [7, 11) is 0. The molecule has 0 fully saturated rings. The number of thiazole rings is 1. The van der Waals surface area contributed by atoms with Crippen molar-refractivity contribution in [3.63, 3.8) is 0 Å². The largest absolute Gasteiger partial charge is 0.383 e. The number of hydrogen-bond acceptors (Lipinski definition) is 8. The Morgan fingerprint density at radius 3 is 2.48 bits per heavy atom. The molecule has 0 unspecified atom stereocenters. The Hall–Kier alpha value is -3.72. The Kier molecular flexibility index (Phi) is 5.94. The summed E-state index contributed by atoms with van der Waals surface area (Å²) < 4.78 is 0. The molecular weight excluding hydrogens is 424 g/mol. The Bertz CT molecular complexity index is 1320. The molecule has 4 aromatic rings. The van der Waals surface area contributed by atoms with E-state index in [1.54, 1.807) is 35.9 Å². The van der Waals surface area contributed by atoms with Gasteiger partial charge in [0.1, 0.15) is 33.6 Å². The van der Waals surface area contributed by atoms with Crippen LogP contribution in [0.4, 0.5) is 5.82 Å². The van der Waals surface area contributed by atoms with E-state index in [2.05, 4.69) is 53.3 Å². The first-order valence-corrected chi connectivity index (χ1v) is 11.2. The van der Waals surface area contributed by atoms with Gasteiger partial charge in [0.05, 0.1) is 11.3 Å². The van der Waals surface area contributed by atoms with Gasteiger partial charge in [-0.1, -0.05) is 47.7 Å². The fraction of sp³-hybridized carbons (Fsp3) is 0.0870. The van der Waals surface area contributed by atoms with Crippen LogP contribution in [-0.2, 0) is 5.75 Å².